The van der Waals surface area contributed by atoms with Crippen LogP contribution >= 0.6 is 0 Å². The first-order valence-corrected chi connectivity index (χ1v) is 7.80. The third-order valence-corrected chi connectivity index (χ3v) is 3.91. The summed E-state index contributed by atoms with van der Waals surface area (Å²) in [7, 11) is 0. The first-order valence-electron chi connectivity index (χ1n) is 7.80. The Balaban J connectivity index is 1.65. The van der Waals surface area contributed by atoms with Gasteiger partial charge in [-0.1, -0.05) is 11.3 Å². The molecule has 4 aromatic rings. The molecule has 1 aromatic carbocycles. The van der Waals surface area contributed by atoms with Crippen molar-refractivity contribution in [3.05, 3.63) is 71.8 Å². The summed E-state index contributed by atoms with van der Waals surface area (Å²) in [4.78, 5) is 16.8. The monoisotopic (exact) mass is 333 g/mol. The van der Waals surface area contributed by atoms with E-state index < -0.39 is 0 Å². The molecule has 0 aliphatic rings. The van der Waals surface area contributed by atoms with Crippen molar-refractivity contribution in [2.75, 3.05) is 0 Å². The Morgan fingerprint density at radius 3 is 3.00 bits per heavy atom. The summed E-state index contributed by atoms with van der Waals surface area (Å²) >= 11 is 0. The maximum Gasteiger partial charge on any atom is 0.251 e. The number of aromatic nitrogens is 4. The number of furan rings is 1. The third-order valence-electron chi connectivity index (χ3n) is 3.91. The quantitative estimate of drug-likeness (QED) is 0.620. The number of fused-ring (bicyclic) bond motifs is 1. The van der Waals surface area contributed by atoms with Crippen LogP contribution in [-0.4, -0.2) is 25.9 Å². The van der Waals surface area contributed by atoms with Crippen molar-refractivity contribution in [2.45, 2.75) is 13.5 Å². The van der Waals surface area contributed by atoms with Gasteiger partial charge in [-0.25, -0.2) is 4.98 Å². The average Bonchev–Trinajstić information content (AvgIpc) is 3.30. The number of nitrogens with zero attached hydrogens (tertiary/aromatic N) is 4. The van der Waals surface area contributed by atoms with E-state index in [9.17, 15) is 4.79 Å². The second-order valence-electron chi connectivity index (χ2n) is 5.61. The minimum atomic E-state index is -0.185. The van der Waals surface area contributed by atoms with Crippen molar-refractivity contribution in [3.8, 4) is 5.69 Å². The number of rotatable bonds is 4. The van der Waals surface area contributed by atoms with E-state index in [-0.39, 0.29) is 5.91 Å². The van der Waals surface area contributed by atoms with Crippen LogP contribution in [-0.2, 0) is 6.54 Å². The van der Waals surface area contributed by atoms with Gasteiger partial charge in [0.05, 0.1) is 18.5 Å². The fourth-order valence-corrected chi connectivity index (χ4v) is 2.59. The highest BCUT2D eigenvalue weighted by molar-refractivity contribution is 5.95. The van der Waals surface area contributed by atoms with Gasteiger partial charge in [-0.15, -0.1) is 5.10 Å². The van der Waals surface area contributed by atoms with Crippen LogP contribution in [0.25, 0.3) is 16.9 Å². The zero-order valence-corrected chi connectivity index (χ0v) is 13.5. The Bertz CT molecular complexity index is 1040. The van der Waals surface area contributed by atoms with Crippen LogP contribution in [0.4, 0.5) is 0 Å². The zero-order chi connectivity index (χ0) is 17.2. The van der Waals surface area contributed by atoms with Crippen LogP contribution in [0, 0.1) is 6.92 Å². The van der Waals surface area contributed by atoms with Gasteiger partial charge in [0, 0.05) is 11.8 Å². The maximum absolute atomic E-state index is 12.4. The number of carbonyl (C=O) groups excluding carboxylic acids is 1. The summed E-state index contributed by atoms with van der Waals surface area (Å²) in [6.45, 7) is 2.29. The minimum Gasteiger partial charge on any atom is -0.467 e. The molecule has 0 saturated carbocycles. The minimum absolute atomic E-state index is 0.185. The summed E-state index contributed by atoms with van der Waals surface area (Å²) in [6.07, 6.45) is 3.27. The highest BCUT2D eigenvalue weighted by Crippen LogP contribution is 2.19. The average molecular weight is 333 g/mol. The lowest BCUT2D eigenvalue weighted by Gasteiger charge is -2.09. The van der Waals surface area contributed by atoms with E-state index in [0.29, 0.717) is 29.0 Å². The van der Waals surface area contributed by atoms with Crippen molar-refractivity contribution in [3.63, 3.8) is 0 Å². The predicted octanol–water partition coefficient (Wildman–Crippen LogP) is 2.65. The van der Waals surface area contributed by atoms with Crippen LogP contribution < -0.4 is 5.32 Å². The second kappa shape index (κ2) is 6.20. The van der Waals surface area contributed by atoms with Crippen molar-refractivity contribution in [1.29, 1.82) is 0 Å². The Kier molecular flexibility index (Phi) is 3.74. The fraction of sp³-hybridized carbons (Fsp3) is 0.111. The molecule has 1 amide bonds. The lowest BCUT2D eigenvalue weighted by atomic mass is 10.1. The number of amides is 1. The van der Waals surface area contributed by atoms with Gasteiger partial charge >= 0.3 is 0 Å². The molecule has 25 heavy (non-hydrogen) atoms. The van der Waals surface area contributed by atoms with Crippen molar-refractivity contribution in [1.82, 2.24) is 25.3 Å². The molecule has 0 atom stereocenters. The van der Waals surface area contributed by atoms with Crippen LogP contribution in [0.2, 0.25) is 0 Å². The lowest BCUT2D eigenvalue weighted by molar-refractivity contribution is 0.0948. The van der Waals surface area contributed by atoms with Crippen LogP contribution in [0.1, 0.15) is 21.7 Å². The molecule has 1 N–H and O–H groups in total. The molecule has 124 valence electrons. The Morgan fingerprint density at radius 2 is 2.16 bits per heavy atom. The smallest absolute Gasteiger partial charge is 0.251 e. The summed E-state index contributed by atoms with van der Waals surface area (Å²) in [5.74, 6) is 0.516. The number of pyridine rings is 1. The predicted molar refractivity (Wildman–Crippen MR) is 91.3 cm³/mol. The number of carbonyl (C=O) groups is 1. The highest BCUT2D eigenvalue weighted by atomic mass is 16.3. The molecule has 0 aliphatic carbocycles. The second-order valence-corrected chi connectivity index (χ2v) is 5.61. The van der Waals surface area contributed by atoms with E-state index in [0.717, 1.165) is 11.3 Å². The van der Waals surface area contributed by atoms with E-state index in [2.05, 4.69) is 20.6 Å². The molecule has 0 bridgehead atoms. The molecule has 0 fully saturated rings. The van der Waals surface area contributed by atoms with E-state index in [1.807, 2.05) is 31.2 Å². The standard InChI is InChI=1S/C18H15N5O2/c1-12-6-7-13(18(24)20-11-14-4-3-9-25-14)10-16(12)23-17-15(21-22-23)5-2-8-19-17/h2-10H,11H2,1H3,(H,20,24). The molecule has 0 aliphatic heterocycles. The Hall–Kier alpha value is -3.48. The zero-order valence-electron chi connectivity index (χ0n) is 13.5. The van der Waals surface area contributed by atoms with Gasteiger partial charge < -0.3 is 9.73 Å². The topological polar surface area (TPSA) is 85.8 Å². The maximum atomic E-state index is 12.4. The van der Waals surface area contributed by atoms with Gasteiger partial charge in [-0.3, -0.25) is 4.79 Å². The summed E-state index contributed by atoms with van der Waals surface area (Å²) in [6, 6.07) is 12.7. The molecule has 0 spiro atoms. The van der Waals surface area contributed by atoms with Crippen molar-refractivity contribution < 1.29 is 9.21 Å². The molecule has 7 nitrogen and oxygen atoms in total. The van der Waals surface area contributed by atoms with Crippen LogP contribution in [0.3, 0.4) is 0 Å². The molecule has 3 aromatic heterocycles. The largest absolute Gasteiger partial charge is 0.467 e. The van der Waals surface area contributed by atoms with Crippen molar-refractivity contribution in [2.24, 2.45) is 0 Å². The van der Waals surface area contributed by atoms with E-state index >= 15 is 0 Å². The van der Waals surface area contributed by atoms with Gasteiger partial charge in [0.15, 0.2) is 5.65 Å². The molecule has 7 heteroatoms. The SMILES string of the molecule is Cc1ccc(C(=O)NCc2ccco2)cc1-n1nnc2cccnc21. The fourth-order valence-electron chi connectivity index (χ4n) is 2.59. The van der Waals surface area contributed by atoms with Gasteiger partial charge in [0.2, 0.25) is 0 Å². The van der Waals surface area contributed by atoms with Gasteiger partial charge in [0.25, 0.3) is 5.91 Å². The number of hydrogen-bond donors (Lipinski definition) is 1. The number of nitrogens with one attached hydrogen (secondary N) is 1. The van der Waals surface area contributed by atoms with Crippen molar-refractivity contribution >= 4 is 17.1 Å². The molecule has 3 heterocycles. The van der Waals surface area contributed by atoms with E-state index in [4.69, 9.17) is 4.42 Å². The first kappa shape index (κ1) is 15.1. The lowest BCUT2D eigenvalue weighted by Crippen LogP contribution is -2.22. The molecule has 0 radical (unpaired) electrons. The molecule has 0 unspecified atom stereocenters. The van der Waals surface area contributed by atoms with Gasteiger partial charge in [-0.05, 0) is 48.9 Å². The first-order chi connectivity index (χ1) is 12.2. The molecular formula is C18H15N5O2. The number of benzene rings is 1. The number of hydrogen-bond acceptors (Lipinski definition) is 5. The summed E-state index contributed by atoms with van der Waals surface area (Å²) < 4.78 is 6.87. The normalized spacial score (nSPS) is 10.9. The summed E-state index contributed by atoms with van der Waals surface area (Å²) in [5, 5.41) is 11.1. The molecule has 0 saturated heterocycles. The Morgan fingerprint density at radius 1 is 1.24 bits per heavy atom. The van der Waals surface area contributed by atoms with E-state index in [1.165, 1.54) is 0 Å². The molecule has 4 rings (SSSR count). The third kappa shape index (κ3) is 2.87. The van der Waals surface area contributed by atoms with Gasteiger partial charge in [-0.2, -0.15) is 4.68 Å². The van der Waals surface area contributed by atoms with E-state index in [1.54, 1.807) is 35.3 Å². The highest BCUT2D eigenvalue weighted by Gasteiger charge is 2.13. The molecular weight excluding hydrogens is 318 g/mol. The van der Waals surface area contributed by atoms with Crippen LogP contribution in [0.5, 0.6) is 0 Å². The number of aryl methyl sites for hydroxylation is 1. The van der Waals surface area contributed by atoms with Gasteiger partial charge in [0.1, 0.15) is 11.3 Å². The Labute approximate surface area is 143 Å². The summed E-state index contributed by atoms with van der Waals surface area (Å²) in [5.41, 5.74) is 3.63. The van der Waals surface area contributed by atoms with Crippen LogP contribution in [0.15, 0.2) is 59.3 Å².